The van der Waals surface area contributed by atoms with Crippen LogP contribution in [0.15, 0.2) is 40.8 Å². The number of nitrogens with one attached hydrogen (secondary N) is 1. The second-order valence-electron chi connectivity index (χ2n) is 9.30. The Labute approximate surface area is 181 Å². The lowest BCUT2D eigenvalue weighted by Gasteiger charge is -2.48. The number of methoxy groups -OCH3 is 1. The van der Waals surface area contributed by atoms with Gasteiger partial charge in [0.05, 0.1) is 12.4 Å². The SMILES string of the molecule is COc1ccccc1S(C)(NC(C)(C)C)C1C(C)=C(C)c2c1sc1c2CCC=C1. The first kappa shape index (κ1) is 20.8. The van der Waals surface area contributed by atoms with Crippen molar-refractivity contribution in [3.63, 3.8) is 0 Å². The summed E-state index contributed by atoms with van der Waals surface area (Å²) >= 11 is 2.01. The Hall–Kier alpha value is -1.49. The molecule has 2 unspecified atom stereocenters. The number of allylic oxidation sites excluding steroid dienone is 2. The van der Waals surface area contributed by atoms with Gasteiger partial charge >= 0.3 is 0 Å². The van der Waals surface area contributed by atoms with E-state index in [1.165, 1.54) is 27.3 Å². The van der Waals surface area contributed by atoms with Gasteiger partial charge in [0.15, 0.2) is 0 Å². The third kappa shape index (κ3) is 3.39. The summed E-state index contributed by atoms with van der Waals surface area (Å²) in [5, 5.41) is 0.372. The minimum absolute atomic E-state index is 0.00134. The van der Waals surface area contributed by atoms with E-state index in [1.54, 1.807) is 23.1 Å². The normalized spacial score (nSPS) is 21.6. The summed E-state index contributed by atoms with van der Waals surface area (Å²) in [5.41, 5.74) is 6.12. The summed E-state index contributed by atoms with van der Waals surface area (Å²) in [6.07, 6.45) is 9.44. The van der Waals surface area contributed by atoms with Gasteiger partial charge in [-0.25, -0.2) is 0 Å². The minimum atomic E-state index is -1.44. The van der Waals surface area contributed by atoms with Crippen LogP contribution in [0.5, 0.6) is 5.75 Å². The van der Waals surface area contributed by atoms with Crippen LogP contribution in [0.25, 0.3) is 11.6 Å². The van der Waals surface area contributed by atoms with Crippen LogP contribution in [0, 0.1) is 0 Å². The second kappa shape index (κ2) is 7.33. The number of fused-ring (bicyclic) bond motifs is 3. The molecule has 1 N–H and O–H groups in total. The fourth-order valence-electron chi connectivity index (χ4n) is 4.90. The van der Waals surface area contributed by atoms with Gasteiger partial charge < -0.3 is 4.74 Å². The van der Waals surface area contributed by atoms with E-state index in [4.69, 9.17) is 4.74 Å². The van der Waals surface area contributed by atoms with Crippen molar-refractivity contribution in [3.8, 4) is 5.75 Å². The lowest BCUT2D eigenvalue weighted by atomic mass is 9.97. The average Bonchev–Trinajstić information content (AvgIpc) is 3.15. The van der Waals surface area contributed by atoms with E-state index < -0.39 is 10.2 Å². The Balaban J connectivity index is 1.96. The predicted octanol–water partition coefficient (Wildman–Crippen LogP) is 7.36. The van der Waals surface area contributed by atoms with E-state index in [2.05, 4.69) is 82.0 Å². The third-order valence-electron chi connectivity index (χ3n) is 6.01. The number of thiophene rings is 1. The molecule has 0 saturated carbocycles. The molecule has 2 atom stereocenters. The molecule has 0 amide bonds. The van der Waals surface area contributed by atoms with E-state index in [-0.39, 0.29) is 5.54 Å². The molecule has 1 heterocycles. The zero-order chi connectivity index (χ0) is 21.0. The van der Waals surface area contributed by atoms with Crippen molar-refractivity contribution < 1.29 is 4.74 Å². The quantitative estimate of drug-likeness (QED) is 0.550. The predicted molar refractivity (Wildman–Crippen MR) is 130 cm³/mol. The number of ether oxygens (including phenoxy) is 1. The standard InChI is InChI=1S/C25H33NOS2/c1-16-17(2)24(23-22(16)18-12-8-10-14-20(18)28-23)29(7,26-25(3,4)5)21-15-11-9-13-19(21)27-6/h9-11,13-15,24,26H,8,12H2,1-7H3. The fourth-order valence-corrected chi connectivity index (χ4v) is 11.1. The van der Waals surface area contributed by atoms with Gasteiger partial charge in [0.2, 0.25) is 0 Å². The van der Waals surface area contributed by atoms with Crippen LogP contribution in [-0.4, -0.2) is 18.9 Å². The van der Waals surface area contributed by atoms with Crippen molar-refractivity contribution in [2.45, 2.75) is 63.1 Å². The second-order valence-corrected chi connectivity index (χ2v) is 13.5. The fraction of sp³-hybridized carbons (Fsp3) is 0.440. The Bertz CT molecular complexity index is 1010. The zero-order valence-corrected chi connectivity index (χ0v) is 20.3. The van der Waals surface area contributed by atoms with Crippen LogP contribution in [0.2, 0.25) is 0 Å². The Morgan fingerprint density at radius 3 is 2.59 bits per heavy atom. The zero-order valence-electron chi connectivity index (χ0n) is 18.7. The van der Waals surface area contributed by atoms with Crippen LogP contribution in [-0.2, 0) is 6.42 Å². The molecule has 2 aliphatic rings. The number of rotatable bonds is 4. The maximum Gasteiger partial charge on any atom is 0.132 e. The molecular formula is C25H33NOS2. The van der Waals surface area contributed by atoms with Crippen molar-refractivity contribution in [1.29, 1.82) is 0 Å². The van der Waals surface area contributed by atoms with Crippen molar-refractivity contribution in [1.82, 2.24) is 4.72 Å². The van der Waals surface area contributed by atoms with Gasteiger partial charge in [0.25, 0.3) is 0 Å². The largest absolute Gasteiger partial charge is 0.496 e. The summed E-state index contributed by atoms with van der Waals surface area (Å²) in [6.45, 7) is 11.5. The first-order valence-electron chi connectivity index (χ1n) is 10.4. The molecule has 2 aliphatic carbocycles. The van der Waals surface area contributed by atoms with Crippen molar-refractivity contribution in [2.75, 3.05) is 13.4 Å². The smallest absolute Gasteiger partial charge is 0.132 e. The maximum absolute atomic E-state index is 5.85. The highest BCUT2D eigenvalue weighted by atomic mass is 32.3. The topological polar surface area (TPSA) is 21.3 Å². The van der Waals surface area contributed by atoms with Crippen LogP contribution in [0.4, 0.5) is 0 Å². The number of para-hydroxylation sites is 1. The van der Waals surface area contributed by atoms with Gasteiger partial charge in [-0.05, 0) is 88.6 Å². The molecular weight excluding hydrogens is 394 g/mol. The summed E-state index contributed by atoms with van der Waals surface area (Å²) in [5.74, 6) is 0.988. The van der Waals surface area contributed by atoms with Crippen molar-refractivity contribution >= 4 is 33.2 Å². The average molecular weight is 428 g/mol. The summed E-state index contributed by atoms with van der Waals surface area (Å²) in [7, 11) is 0.352. The highest BCUT2D eigenvalue weighted by Gasteiger charge is 2.44. The number of benzene rings is 1. The molecule has 4 rings (SSSR count). The van der Waals surface area contributed by atoms with E-state index in [9.17, 15) is 0 Å². The van der Waals surface area contributed by atoms with Gasteiger partial charge in [-0.15, -0.1) is 21.6 Å². The Morgan fingerprint density at radius 1 is 1.17 bits per heavy atom. The van der Waals surface area contributed by atoms with Crippen molar-refractivity contribution in [2.24, 2.45) is 0 Å². The monoisotopic (exact) mass is 427 g/mol. The molecule has 0 saturated heterocycles. The van der Waals surface area contributed by atoms with E-state index in [0.717, 1.165) is 12.2 Å². The number of hydrogen-bond acceptors (Lipinski definition) is 3. The molecule has 0 aliphatic heterocycles. The third-order valence-corrected chi connectivity index (χ3v) is 11.2. The first-order chi connectivity index (χ1) is 13.7. The molecule has 0 spiro atoms. The molecule has 156 valence electrons. The molecule has 0 radical (unpaired) electrons. The highest BCUT2D eigenvalue weighted by Crippen LogP contribution is 2.70. The van der Waals surface area contributed by atoms with E-state index in [0.29, 0.717) is 5.25 Å². The lowest BCUT2D eigenvalue weighted by Crippen LogP contribution is -2.40. The summed E-state index contributed by atoms with van der Waals surface area (Å²) in [4.78, 5) is 4.33. The molecule has 29 heavy (non-hydrogen) atoms. The Kier molecular flexibility index (Phi) is 5.25. The van der Waals surface area contributed by atoms with Crippen LogP contribution in [0.3, 0.4) is 0 Å². The van der Waals surface area contributed by atoms with E-state index >= 15 is 0 Å². The maximum atomic E-state index is 5.85. The van der Waals surface area contributed by atoms with Gasteiger partial charge in [-0.3, -0.25) is 4.72 Å². The van der Waals surface area contributed by atoms with Crippen LogP contribution >= 0.6 is 21.6 Å². The summed E-state index contributed by atoms with van der Waals surface area (Å²) in [6, 6.07) is 8.59. The first-order valence-corrected chi connectivity index (χ1v) is 13.3. The molecule has 2 aromatic rings. The summed E-state index contributed by atoms with van der Waals surface area (Å²) < 4.78 is 9.95. The molecule has 0 bridgehead atoms. The molecule has 2 nitrogen and oxygen atoms in total. The molecule has 1 aromatic heterocycles. The van der Waals surface area contributed by atoms with Crippen LogP contribution < -0.4 is 9.46 Å². The molecule has 4 heteroatoms. The van der Waals surface area contributed by atoms with Gasteiger partial charge in [0.1, 0.15) is 5.75 Å². The Morgan fingerprint density at radius 2 is 1.90 bits per heavy atom. The van der Waals surface area contributed by atoms with E-state index in [1.807, 2.05) is 11.3 Å². The van der Waals surface area contributed by atoms with Crippen molar-refractivity contribution in [3.05, 3.63) is 56.8 Å². The highest BCUT2D eigenvalue weighted by molar-refractivity contribution is 8.32. The van der Waals surface area contributed by atoms with Gasteiger partial charge in [0, 0.05) is 20.2 Å². The van der Waals surface area contributed by atoms with Crippen LogP contribution in [0.1, 0.15) is 67.2 Å². The van der Waals surface area contributed by atoms with Gasteiger partial charge in [-0.1, -0.05) is 23.8 Å². The molecule has 1 aromatic carbocycles. The minimum Gasteiger partial charge on any atom is -0.496 e. The van der Waals surface area contributed by atoms with Gasteiger partial charge in [-0.2, -0.15) is 0 Å². The molecule has 0 fully saturated rings. The lowest BCUT2D eigenvalue weighted by molar-refractivity contribution is 0.403. The number of hydrogen-bond donors (Lipinski definition) is 1.